The average Bonchev–Trinajstić information content (AvgIpc) is 2.34. The van der Waals surface area contributed by atoms with Gasteiger partial charge in [-0.05, 0) is 30.2 Å². The van der Waals surface area contributed by atoms with Crippen LogP contribution in [0.5, 0.6) is 0 Å². The highest BCUT2D eigenvalue weighted by molar-refractivity contribution is 7.99. The molecule has 0 aliphatic carbocycles. The van der Waals surface area contributed by atoms with Crippen LogP contribution in [0, 0.1) is 6.92 Å². The molecule has 0 unspecified atom stereocenters. The summed E-state index contributed by atoms with van der Waals surface area (Å²) in [6, 6.07) is 9.91. The van der Waals surface area contributed by atoms with Crippen LogP contribution >= 0.6 is 23.4 Å². The van der Waals surface area contributed by atoms with Crippen molar-refractivity contribution >= 4 is 23.4 Å². The number of halogens is 1. The van der Waals surface area contributed by atoms with Crippen LogP contribution in [0.1, 0.15) is 11.1 Å². The molecule has 2 rings (SSSR count). The zero-order chi connectivity index (χ0) is 12.3. The SMILES string of the molecule is Cc1cccc(CN)c1Sc1ccc(Cl)cn1. The van der Waals surface area contributed by atoms with Crippen LogP contribution in [-0.2, 0) is 6.54 Å². The van der Waals surface area contributed by atoms with Crippen LogP contribution < -0.4 is 5.73 Å². The van der Waals surface area contributed by atoms with Gasteiger partial charge in [0.2, 0.25) is 0 Å². The van der Waals surface area contributed by atoms with E-state index in [9.17, 15) is 0 Å². The lowest BCUT2D eigenvalue weighted by Crippen LogP contribution is -1.99. The molecular formula is C13H13ClN2S. The largest absolute Gasteiger partial charge is 0.326 e. The van der Waals surface area contributed by atoms with Crippen molar-refractivity contribution in [1.82, 2.24) is 4.98 Å². The summed E-state index contributed by atoms with van der Waals surface area (Å²) < 4.78 is 0. The van der Waals surface area contributed by atoms with E-state index in [0.29, 0.717) is 11.6 Å². The fraction of sp³-hybridized carbons (Fsp3) is 0.154. The smallest absolute Gasteiger partial charge is 0.101 e. The molecule has 0 aliphatic rings. The molecule has 88 valence electrons. The number of hydrogen-bond donors (Lipinski definition) is 1. The highest BCUT2D eigenvalue weighted by atomic mass is 35.5. The summed E-state index contributed by atoms with van der Waals surface area (Å²) in [6.07, 6.45) is 1.66. The van der Waals surface area contributed by atoms with Gasteiger partial charge >= 0.3 is 0 Å². The van der Waals surface area contributed by atoms with Gasteiger partial charge in [0.05, 0.1) is 5.02 Å². The lowest BCUT2D eigenvalue weighted by atomic mass is 10.1. The Hall–Kier alpha value is -1.03. The highest BCUT2D eigenvalue weighted by Gasteiger charge is 2.07. The molecule has 2 nitrogen and oxygen atoms in total. The fourth-order valence-corrected chi connectivity index (χ4v) is 2.62. The first-order valence-electron chi connectivity index (χ1n) is 5.28. The summed E-state index contributed by atoms with van der Waals surface area (Å²) in [4.78, 5) is 5.47. The molecule has 1 aromatic heterocycles. The number of pyridine rings is 1. The number of nitrogens with zero attached hydrogens (tertiary/aromatic N) is 1. The van der Waals surface area contributed by atoms with Gasteiger partial charge in [-0.1, -0.05) is 41.6 Å². The molecule has 0 saturated heterocycles. The zero-order valence-corrected chi connectivity index (χ0v) is 11.1. The second kappa shape index (κ2) is 5.54. The van der Waals surface area contributed by atoms with Gasteiger partial charge in [0.1, 0.15) is 5.03 Å². The second-order valence-electron chi connectivity index (χ2n) is 3.68. The lowest BCUT2D eigenvalue weighted by molar-refractivity contribution is 1.01. The quantitative estimate of drug-likeness (QED) is 0.920. The van der Waals surface area contributed by atoms with Crippen LogP contribution in [0.2, 0.25) is 5.02 Å². The maximum absolute atomic E-state index is 5.81. The monoisotopic (exact) mass is 264 g/mol. The van der Waals surface area contributed by atoms with Crippen molar-refractivity contribution in [3.63, 3.8) is 0 Å². The molecular weight excluding hydrogens is 252 g/mol. The van der Waals surface area contributed by atoms with E-state index in [1.807, 2.05) is 24.3 Å². The minimum absolute atomic E-state index is 0.539. The predicted octanol–water partition coefficient (Wildman–Crippen LogP) is 3.65. The third kappa shape index (κ3) is 3.00. The summed E-state index contributed by atoms with van der Waals surface area (Å²) in [6.45, 7) is 2.62. The summed E-state index contributed by atoms with van der Waals surface area (Å²) in [5, 5.41) is 1.58. The molecule has 2 N–H and O–H groups in total. The number of nitrogens with two attached hydrogens (primary N) is 1. The van der Waals surface area contributed by atoms with Crippen molar-refractivity contribution in [2.45, 2.75) is 23.4 Å². The molecule has 0 aliphatic heterocycles. The van der Waals surface area contributed by atoms with Crippen molar-refractivity contribution in [3.05, 3.63) is 52.7 Å². The standard InChI is InChI=1S/C13H13ClN2S/c1-9-3-2-4-10(7-15)13(9)17-12-6-5-11(14)8-16-12/h2-6,8H,7,15H2,1H3. The maximum atomic E-state index is 5.81. The Morgan fingerprint density at radius 2 is 2.12 bits per heavy atom. The molecule has 0 bridgehead atoms. The number of aryl methyl sites for hydroxylation is 1. The van der Waals surface area contributed by atoms with Gasteiger partial charge in [-0.25, -0.2) is 4.98 Å². The first kappa shape index (κ1) is 12.4. The maximum Gasteiger partial charge on any atom is 0.101 e. The van der Waals surface area contributed by atoms with Gasteiger partial charge in [0.15, 0.2) is 0 Å². The molecule has 0 amide bonds. The predicted molar refractivity (Wildman–Crippen MR) is 72.4 cm³/mol. The first-order valence-corrected chi connectivity index (χ1v) is 6.48. The number of rotatable bonds is 3. The Balaban J connectivity index is 2.32. The third-order valence-electron chi connectivity index (χ3n) is 2.42. The Labute approximate surface area is 110 Å². The Morgan fingerprint density at radius 1 is 1.29 bits per heavy atom. The van der Waals surface area contributed by atoms with E-state index in [-0.39, 0.29) is 0 Å². The normalized spacial score (nSPS) is 10.5. The van der Waals surface area contributed by atoms with Crippen LogP contribution in [0.3, 0.4) is 0 Å². The van der Waals surface area contributed by atoms with Gasteiger partial charge in [0.25, 0.3) is 0 Å². The van der Waals surface area contributed by atoms with Crippen molar-refractivity contribution in [3.8, 4) is 0 Å². The summed E-state index contributed by atoms with van der Waals surface area (Å²) in [7, 11) is 0. The van der Waals surface area contributed by atoms with E-state index in [4.69, 9.17) is 17.3 Å². The molecule has 0 saturated carbocycles. The lowest BCUT2D eigenvalue weighted by Gasteiger charge is -2.10. The molecule has 0 atom stereocenters. The Kier molecular flexibility index (Phi) is 4.05. The summed E-state index contributed by atoms with van der Waals surface area (Å²) >= 11 is 7.44. The minimum Gasteiger partial charge on any atom is -0.326 e. The van der Waals surface area contributed by atoms with Gasteiger partial charge in [-0.2, -0.15) is 0 Å². The number of benzene rings is 1. The summed E-state index contributed by atoms with van der Waals surface area (Å²) in [5.74, 6) is 0. The second-order valence-corrected chi connectivity index (χ2v) is 5.15. The topological polar surface area (TPSA) is 38.9 Å². The van der Waals surface area contributed by atoms with Crippen molar-refractivity contribution in [2.24, 2.45) is 5.73 Å². The van der Waals surface area contributed by atoms with Crippen LogP contribution in [0.25, 0.3) is 0 Å². The van der Waals surface area contributed by atoms with E-state index in [1.54, 1.807) is 18.0 Å². The molecule has 0 radical (unpaired) electrons. The van der Waals surface area contributed by atoms with E-state index < -0.39 is 0 Å². The molecule has 4 heteroatoms. The van der Waals surface area contributed by atoms with Crippen molar-refractivity contribution in [1.29, 1.82) is 0 Å². The Bertz CT molecular complexity index is 511. The molecule has 0 fully saturated rings. The van der Waals surface area contributed by atoms with E-state index in [2.05, 4.69) is 18.0 Å². The van der Waals surface area contributed by atoms with E-state index in [0.717, 1.165) is 10.6 Å². The van der Waals surface area contributed by atoms with Crippen LogP contribution in [0.4, 0.5) is 0 Å². The minimum atomic E-state index is 0.539. The highest BCUT2D eigenvalue weighted by Crippen LogP contribution is 2.32. The Morgan fingerprint density at radius 3 is 2.76 bits per heavy atom. The third-order valence-corrected chi connectivity index (χ3v) is 3.88. The molecule has 0 spiro atoms. The van der Waals surface area contributed by atoms with Crippen molar-refractivity contribution in [2.75, 3.05) is 0 Å². The average molecular weight is 265 g/mol. The first-order chi connectivity index (χ1) is 8.20. The molecule has 1 heterocycles. The van der Waals surface area contributed by atoms with Gasteiger partial charge in [-0.15, -0.1) is 0 Å². The van der Waals surface area contributed by atoms with Crippen molar-refractivity contribution < 1.29 is 0 Å². The fourth-order valence-electron chi connectivity index (χ4n) is 1.55. The van der Waals surface area contributed by atoms with Crippen LogP contribution in [-0.4, -0.2) is 4.98 Å². The van der Waals surface area contributed by atoms with E-state index >= 15 is 0 Å². The number of hydrogen-bond acceptors (Lipinski definition) is 3. The van der Waals surface area contributed by atoms with Gasteiger partial charge in [0, 0.05) is 17.6 Å². The van der Waals surface area contributed by atoms with E-state index in [1.165, 1.54) is 10.5 Å². The molecule has 17 heavy (non-hydrogen) atoms. The van der Waals surface area contributed by atoms with Crippen LogP contribution in [0.15, 0.2) is 46.5 Å². The number of aromatic nitrogens is 1. The molecule has 1 aromatic carbocycles. The zero-order valence-electron chi connectivity index (χ0n) is 9.48. The molecule has 2 aromatic rings. The van der Waals surface area contributed by atoms with Gasteiger partial charge < -0.3 is 5.73 Å². The van der Waals surface area contributed by atoms with Gasteiger partial charge in [-0.3, -0.25) is 0 Å². The summed E-state index contributed by atoms with van der Waals surface area (Å²) in [5.41, 5.74) is 8.10.